The zero-order valence-electron chi connectivity index (χ0n) is 20.4. The Labute approximate surface area is 195 Å². The lowest BCUT2D eigenvalue weighted by Crippen LogP contribution is -2.33. The largest absolute Gasteiger partial charge is 0.491 e. The zero-order chi connectivity index (χ0) is 24.1. The van der Waals surface area contributed by atoms with E-state index in [4.69, 9.17) is 9.47 Å². The van der Waals surface area contributed by atoms with Crippen molar-refractivity contribution in [2.75, 3.05) is 26.3 Å². The molecule has 0 amide bonds. The first-order valence-corrected chi connectivity index (χ1v) is 11.5. The van der Waals surface area contributed by atoms with Crippen LogP contribution in [0.4, 0.5) is 0 Å². The lowest BCUT2D eigenvalue weighted by Gasteiger charge is -2.39. The molecular formula is C27H39N3O2. The molecule has 0 radical (unpaired) electrons. The highest BCUT2D eigenvalue weighted by Crippen LogP contribution is 2.44. The summed E-state index contributed by atoms with van der Waals surface area (Å²) in [4.78, 5) is 2.36. The van der Waals surface area contributed by atoms with Gasteiger partial charge in [-0.3, -0.25) is 0 Å². The van der Waals surface area contributed by atoms with Crippen LogP contribution in [0.2, 0.25) is 0 Å². The van der Waals surface area contributed by atoms with E-state index in [1.165, 1.54) is 6.08 Å². The van der Waals surface area contributed by atoms with Crippen LogP contribution in [-0.4, -0.2) is 31.2 Å². The number of hydrogen-bond donors (Lipinski definition) is 0. The smallest absolute Gasteiger partial charge is 0.130 e. The van der Waals surface area contributed by atoms with Gasteiger partial charge in [0.1, 0.15) is 36.9 Å². The Morgan fingerprint density at radius 1 is 1.06 bits per heavy atom. The molecule has 0 saturated carbocycles. The Bertz CT molecular complexity index is 826. The van der Waals surface area contributed by atoms with Crippen LogP contribution in [0.5, 0.6) is 0 Å². The topological polar surface area (TPSA) is 69.3 Å². The highest BCUT2D eigenvalue weighted by atomic mass is 16.5. The second-order valence-electron chi connectivity index (χ2n) is 8.90. The SMILES string of the molecule is C=CC(=C)OCCOC(=C)/C(C#N)=C1/CC(C)(C)CC(N(CCCC)CCCC)=C1C#N. The molecule has 5 heteroatoms. The van der Waals surface area contributed by atoms with Gasteiger partial charge in [-0.1, -0.05) is 60.3 Å². The van der Waals surface area contributed by atoms with Crippen molar-refractivity contribution in [1.82, 2.24) is 4.90 Å². The summed E-state index contributed by atoms with van der Waals surface area (Å²) < 4.78 is 11.1. The molecule has 0 heterocycles. The zero-order valence-corrected chi connectivity index (χ0v) is 20.4. The summed E-state index contributed by atoms with van der Waals surface area (Å²) in [6.45, 7) is 22.3. The van der Waals surface area contributed by atoms with Gasteiger partial charge in [-0.15, -0.1) is 0 Å². The number of ether oxygens (including phenoxy) is 2. The Balaban J connectivity index is 3.33. The lowest BCUT2D eigenvalue weighted by molar-refractivity contribution is 0.127. The molecule has 0 spiro atoms. The van der Waals surface area contributed by atoms with Crippen LogP contribution < -0.4 is 0 Å². The van der Waals surface area contributed by atoms with Gasteiger partial charge >= 0.3 is 0 Å². The number of hydrogen-bond acceptors (Lipinski definition) is 5. The second kappa shape index (κ2) is 13.5. The van der Waals surface area contributed by atoms with E-state index >= 15 is 0 Å². The number of rotatable bonds is 14. The summed E-state index contributed by atoms with van der Waals surface area (Å²) in [5.74, 6) is 0.736. The van der Waals surface area contributed by atoms with Crippen molar-refractivity contribution < 1.29 is 9.47 Å². The van der Waals surface area contributed by atoms with Gasteiger partial charge < -0.3 is 14.4 Å². The van der Waals surface area contributed by atoms with Gasteiger partial charge in [0.25, 0.3) is 0 Å². The van der Waals surface area contributed by atoms with Crippen molar-refractivity contribution in [1.29, 1.82) is 10.5 Å². The van der Waals surface area contributed by atoms with E-state index in [1.807, 2.05) is 0 Å². The van der Waals surface area contributed by atoms with Gasteiger partial charge in [-0.2, -0.15) is 10.5 Å². The first-order valence-electron chi connectivity index (χ1n) is 11.5. The van der Waals surface area contributed by atoms with E-state index in [2.05, 4.69) is 64.5 Å². The van der Waals surface area contributed by atoms with Gasteiger partial charge in [0.2, 0.25) is 0 Å². The molecule has 0 saturated heterocycles. The van der Waals surface area contributed by atoms with Crippen molar-refractivity contribution in [3.8, 4) is 12.1 Å². The van der Waals surface area contributed by atoms with Crippen LogP contribution in [0.1, 0.15) is 66.2 Å². The van der Waals surface area contributed by atoms with Crippen LogP contribution in [-0.2, 0) is 9.47 Å². The third kappa shape index (κ3) is 7.97. The van der Waals surface area contributed by atoms with Crippen molar-refractivity contribution >= 4 is 0 Å². The molecule has 0 aliphatic heterocycles. The summed E-state index contributed by atoms with van der Waals surface area (Å²) in [7, 11) is 0. The van der Waals surface area contributed by atoms with Crippen molar-refractivity contribution in [2.45, 2.75) is 66.2 Å². The van der Waals surface area contributed by atoms with Crippen LogP contribution >= 0.6 is 0 Å². The van der Waals surface area contributed by atoms with Crippen molar-refractivity contribution in [3.05, 3.63) is 59.7 Å². The minimum Gasteiger partial charge on any atom is -0.491 e. The van der Waals surface area contributed by atoms with Gasteiger partial charge in [0.05, 0.1) is 11.1 Å². The van der Waals surface area contributed by atoms with Gasteiger partial charge in [0.15, 0.2) is 0 Å². The molecule has 32 heavy (non-hydrogen) atoms. The van der Waals surface area contributed by atoms with E-state index in [1.54, 1.807) is 0 Å². The molecule has 0 aromatic rings. The Hall–Kier alpha value is -2.92. The normalized spacial score (nSPS) is 16.4. The molecule has 0 unspecified atom stereocenters. The van der Waals surface area contributed by atoms with Crippen molar-refractivity contribution in [2.24, 2.45) is 5.41 Å². The van der Waals surface area contributed by atoms with E-state index in [0.29, 0.717) is 23.3 Å². The summed E-state index contributed by atoms with van der Waals surface area (Å²) in [6.07, 6.45) is 7.30. The van der Waals surface area contributed by atoms with Crippen LogP contribution in [0, 0.1) is 28.1 Å². The first-order chi connectivity index (χ1) is 15.2. The minimum atomic E-state index is -0.0745. The molecule has 0 bridgehead atoms. The number of nitrogens with zero attached hydrogens (tertiary/aromatic N) is 3. The highest BCUT2D eigenvalue weighted by Gasteiger charge is 2.35. The number of allylic oxidation sites excluding steroid dienone is 5. The predicted octanol–water partition coefficient (Wildman–Crippen LogP) is 6.55. The maximum Gasteiger partial charge on any atom is 0.130 e. The molecule has 0 atom stereocenters. The molecule has 174 valence electrons. The van der Waals surface area contributed by atoms with Crippen LogP contribution in [0.25, 0.3) is 0 Å². The van der Waals surface area contributed by atoms with Gasteiger partial charge in [0, 0.05) is 18.8 Å². The van der Waals surface area contributed by atoms with Crippen LogP contribution in [0.15, 0.2) is 59.7 Å². The van der Waals surface area contributed by atoms with E-state index < -0.39 is 0 Å². The van der Waals surface area contributed by atoms with E-state index in [0.717, 1.165) is 56.5 Å². The maximum absolute atomic E-state index is 10.1. The maximum atomic E-state index is 10.1. The number of unbranched alkanes of at least 4 members (excludes halogenated alkanes) is 2. The summed E-state index contributed by atoms with van der Waals surface area (Å²) in [5.41, 5.74) is 2.66. The Kier molecular flexibility index (Phi) is 11.4. The third-order valence-corrected chi connectivity index (χ3v) is 5.52. The number of nitriles is 2. The average molecular weight is 438 g/mol. The lowest BCUT2D eigenvalue weighted by atomic mass is 9.72. The molecule has 1 rings (SSSR count). The fraction of sp³-hybridized carbons (Fsp3) is 0.556. The molecule has 0 N–H and O–H groups in total. The average Bonchev–Trinajstić information content (AvgIpc) is 2.76. The monoisotopic (exact) mass is 437 g/mol. The molecule has 1 aliphatic carbocycles. The molecule has 0 aromatic carbocycles. The van der Waals surface area contributed by atoms with E-state index in [-0.39, 0.29) is 24.4 Å². The Morgan fingerprint density at radius 3 is 2.16 bits per heavy atom. The molecular weight excluding hydrogens is 398 g/mol. The summed E-state index contributed by atoms with van der Waals surface area (Å²) in [6, 6.07) is 4.68. The van der Waals surface area contributed by atoms with Crippen molar-refractivity contribution in [3.63, 3.8) is 0 Å². The molecule has 5 nitrogen and oxygen atoms in total. The second-order valence-corrected chi connectivity index (χ2v) is 8.90. The van der Waals surface area contributed by atoms with Crippen LogP contribution in [0.3, 0.4) is 0 Å². The fourth-order valence-corrected chi connectivity index (χ4v) is 3.81. The molecule has 0 aromatic heterocycles. The molecule has 1 aliphatic rings. The third-order valence-electron chi connectivity index (χ3n) is 5.52. The van der Waals surface area contributed by atoms with Gasteiger partial charge in [-0.05, 0) is 42.7 Å². The minimum absolute atomic E-state index is 0.0745. The van der Waals surface area contributed by atoms with Gasteiger partial charge in [-0.25, -0.2) is 0 Å². The quantitative estimate of drug-likeness (QED) is 0.133. The Morgan fingerprint density at radius 2 is 1.66 bits per heavy atom. The summed E-state index contributed by atoms with van der Waals surface area (Å²) in [5, 5.41) is 20.1. The fourth-order valence-electron chi connectivity index (χ4n) is 3.81. The standard InChI is InChI=1S/C27H39N3O2/c1-8-11-13-30(14-12-9-2)26-18-27(6,7)17-23(25(26)20-29)24(19-28)22(5)32-16-15-31-21(4)10-3/h10H,3-5,8-9,11-18H2,1-2,6-7H3/b24-23-. The van der Waals surface area contributed by atoms with E-state index in [9.17, 15) is 10.5 Å². The highest BCUT2D eigenvalue weighted by molar-refractivity contribution is 5.57. The predicted molar refractivity (Wildman–Crippen MR) is 130 cm³/mol. The first kappa shape index (κ1) is 27.1. The molecule has 0 fully saturated rings. The summed E-state index contributed by atoms with van der Waals surface area (Å²) >= 11 is 0.